The standard InChI is InChI=1S/C10H15N3O/c1-7(14)9-10(11)13-6-4-2-3-5-8(13)12-9/h2-6,11H2,1H3. The van der Waals surface area contributed by atoms with E-state index in [0.717, 1.165) is 31.6 Å². The van der Waals surface area contributed by atoms with Gasteiger partial charge in [0.1, 0.15) is 17.3 Å². The smallest absolute Gasteiger partial charge is 0.181 e. The average molecular weight is 193 g/mol. The monoisotopic (exact) mass is 193 g/mol. The van der Waals surface area contributed by atoms with Gasteiger partial charge in [-0.2, -0.15) is 0 Å². The number of nitrogen functional groups attached to an aromatic ring is 1. The molecule has 14 heavy (non-hydrogen) atoms. The van der Waals surface area contributed by atoms with Gasteiger partial charge in [-0.3, -0.25) is 4.79 Å². The van der Waals surface area contributed by atoms with Gasteiger partial charge in [-0.1, -0.05) is 6.42 Å². The van der Waals surface area contributed by atoms with Gasteiger partial charge in [-0.25, -0.2) is 4.98 Å². The van der Waals surface area contributed by atoms with Crippen molar-refractivity contribution in [3.05, 3.63) is 11.5 Å². The number of fused-ring (bicyclic) bond motifs is 1. The zero-order valence-corrected chi connectivity index (χ0v) is 8.42. The first kappa shape index (κ1) is 9.24. The molecule has 0 aromatic carbocycles. The van der Waals surface area contributed by atoms with E-state index in [0.29, 0.717) is 11.5 Å². The van der Waals surface area contributed by atoms with Crippen LogP contribution in [0.2, 0.25) is 0 Å². The number of hydrogen-bond acceptors (Lipinski definition) is 3. The summed E-state index contributed by atoms with van der Waals surface area (Å²) < 4.78 is 1.99. The van der Waals surface area contributed by atoms with Gasteiger partial charge < -0.3 is 10.3 Å². The summed E-state index contributed by atoms with van der Waals surface area (Å²) in [6, 6.07) is 0. The topological polar surface area (TPSA) is 60.9 Å². The molecule has 76 valence electrons. The van der Waals surface area contributed by atoms with E-state index in [9.17, 15) is 4.79 Å². The van der Waals surface area contributed by atoms with Crippen LogP contribution in [-0.2, 0) is 13.0 Å². The molecule has 0 unspecified atom stereocenters. The third-order valence-corrected chi connectivity index (χ3v) is 2.70. The SMILES string of the molecule is CC(=O)c1nc2n(c1N)CCCCC2. The lowest BCUT2D eigenvalue weighted by molar-refractivity contribution is 0.101. The Balaban J connectivity index is 2.45. The van der Waals surface area contributed by atoms with E-state index in [4.69, 9.17) is 5.73 Å². The Morgan fingerprint density at radius 2 is 2.21 bits per heavy atom. The van der Waals surface area contributed by atoms with E-state index >= 15 is 0 Å². The van der Waals surface area contributed by atoms with Crippen molar-refractivity contribution in [3.8, 4) is 0 Å². The number of nitrogens with zero attached hydrogens (tertiary/aromatic N) is 2. The van der Waals surface area contributed by atoms with Gasteiger partial charge in [-0.05, 0) is 12.8 Å². The van der Waals surface area contributed by atoms with Crippen LogP contribution in [0, 0.1) is 0 Å². The second kappa shape index (κ2) is 3.44. The Bertz CT molecular complexity index is 368. The van der Waals surface area contributed by atoms with E-state index < -0.39 is 0 Å². The van der Waals surface area contributed by atoms with E-state index in [1.54, 1.807) is 0 Å². The van der Waals surface area contributed by atoms with Crippen LogP contribution in [0.4, 0.5) is 5.82 Å². The van der Waals surface area contributed by atoms with E-state index in [1.807, 2.05) is 4.57 Å². The molecule has 0 amide bonds. The fraction of sp³-hybridized carbons (Fsp3) is 0.600. The average Bonchev–Trinajstić information content (AvgIpc) is 2.37. The minimum absolute atomic E-state index is 0.0388. The second-order valence-electron chi connectivity index (χ2n) is 3.78. The van der Waals surface area contributed by atoms with Gasteiger partial charge >= 0.3 is 0 Å². The first-order valence-corrected chi connectivity index (χ1v) is 5.06. The van der Waals surface area contributed by atoms with Crippen molar-refractivity contribution in [2.45, 2.75) is 39.2 Å². The van der Waals surface area contributed by atoms with Gasteiger partial charge in [0.2, 0.25) is 0 Å². The third kappa shape index (κ3) is 1.41. The molecule has 0 bridgehead atoms. The minimum atomic E-state index is -0.0388. The maximum Gasteiger partial charge on any atom is 0.181 e. The third-order valence-electron chi connectivity index (χ3n) is 2.70. The lowest BCUT2D eigenvalue weighted by Crippen LogP contribution is -2.06. The number of rotatable bonds is 1. The molecule has 0 fully saturated rings. The summed E-state index contributed by atoms with van der Waals surface area (Å²) in [5.41, 5.74) is 6.32. The number of imidazole rings is 1. The van der Waals surface area contributed by atoms with E-state index in [2.05, 4.69) is 4.98 Å². The number of Topliss-reactive ketones (excluding diaryl/α,β-unsaturated/α-hetero) is 1. The van der Waals surface area contributed by atoms with Gasteiger partial charge in [0.25, 0.3) is 0 Å². The number of ketones is 1. The van der Waals surface area contributed by atoms with Crippen molar-refractivity contribution in [1.82, 2.24) is 9.55 Å². The van der Waals surface area contributed by atoms with Crippen LogP contribution < -0.4 is 5.73 Å². The summed E-state index contributed by atoms with van der Waals surface area (Å²) in [5, 5.41) is 0. The number of aromatic nitrogens is 2. The van der Waals surface area contributed by atoms with Crippen LogP contribution in [0.3, 0.4) is 0 Å². The quantitative estimate of drug-likeness (QED) is 0.686. The van der Waals surface area contributed by atoms with Crippen molar-refractivity contribution in [2.24, 2.45) is 0 Å². The highest BCUT2D eigenvalue weighted by atomic mass is 16.1. The Kier molecular flexibility index (Phi) is 2.27. The lowest BCUT2D eigenvalue weighted by Gasteiger charge is -2.04. The largest absolute Gasteiger partial charge is 0.383 e. The highest BCUT2D eigenvalue weighted by Gasteiger charge is 2.18. The number of anilines is 1. The highest BCUT2D eigenvalue weighted by Crippen LogP contribution is 2.21. The summed E-state index contributed by atoms with van der Waals surface area (Å²) >= 11 is 0. The molecule has 4 nitrogen and oxygen atoms in total. The number of carbonyl (C=O) groups is 1. The lowest BCUT2D eigenvalue weighted by atomic mass is 10.2. The fourth-order valence-electron chi connectivity index (χ4n) is 1.94. The molecule has 0 saturated heterocycles. The van der Waals surface area contributed by atoms with Crippen molar-refractivity contribution in [1.29, 1.82) is 0 Å². The summed E-state index contributed by atoms with van der Waals surface area (Å²) in [4.78, 5) is 15.5. The number of aryl methyl sites for hydroxylation is 1. The molecule has 4 heteroatoms. The van der Waals surface area contributed by atoms with Crippen LogP contribution >= 0.6 is 0 Å². The minimum Gasteiger partial charge on any atom is -0.383 e. The Morgan fingerprint density at radius 3 is 2.93 bits per heavy atom. The molecule has 0 radical (unpaired) electrons. The van der Waals surface area contributed by atoms with Crippen molar-refractivity contribution in [3.63, 3.8) is 0 Å². The Labute approximate surface area is 83.1 Å². The van der Waals surface area contributed by atoms with Crippen LogP contribution in [0.15, 0.2) is 0 Å². The maximum absolute atomic E-state index is 11.2. The molecule has 1 aliphatic heterocycles. The Hall–Kier alpha value is -1.32. The first-order valence-electron chi connectivity index (χ1n) is 5.06. The van der Waals surface area contributed by atoms with Crippen molar-refractivity contribution >= 4 is 11.6 Å². The van der Waals surface area contributed by atoms with E-state index in [1.165, 1.54) is 13.3 Å². The molecule has 2 N–H and O–H groups in total. The van der Waals surface area contributed by atoms with Gasteiger partial charge in [-0.15, -0.1) is 0 Å². The molecule has 2 rings (SSSR count). The van der Waals surface area contributed by atoms with Crippen molar-refractivity contribution in [2.75, 3.05) is 5.73 Å². The number of hydrogen-bond donors (Lipinski definition) is 1. The molecular weight excluding hydrogens is 178 g/mol. The van der Waals surface area contributed by atoms with Gasteiger partial charge in [0.15, 0.2) is 5.78 Å². The second-order valence-corrected chi connectivity index (χ2v) is 3.78. The van der Waals surface area contributed by atoms with Crippen LogP contribution in [0.5, 0.6) is 0 Å². The first-order chi connectivity index (χ1) is 6.70. The summed E-state index contributed by atoms with van der Waals surface area (Å²) in [6.45, 7) is 2.42. The predicted molar refractivity (Wildman–Crippen MR) is 54.2 cm³/mol. The normalized spacial score (nSPS) is 16.1. The molecular formula is C10H15N3O. The maximum atomic E-state index is 11.2. The summed E-state index contributed by atoms with van der Waals surface area (Å²) in [5.74, 6) is 1.49. The molecule has 0 saturated carbocycles. The molecule has 1 aromatic heterocycles. The summed E-state index contributed by atoms with van der Waals surface area (Å²) in [6.07, 6.45) is 4.44. The zero-order valence-electron chi connectivity index (χ0n) is 8.42. The van der Waals surface area contributed by atoms with Crippen molar-refractivity contribution < 1.29 is 4.79 Å². The van der Waals surface area contributed by atoms with Crippen LogP contribution in [0.25, 0.3) is 0 Å². The predicted octanol–water partition coefficient (Wildman–Crippen LogP) is 1.39. The van der Waals surface area contributed by atoms with Crippen LogP contribution in [-0.4, -0.2) is 15.3 Å². The Morgan fingerprint density at radius 1 is 1.43 bits per heavy atom. The molecule has 0 aliphatic carbocycles. The van der Waals surface area contributed by atoms with E-state index in [-0.39, 0.29) is 5.78 Å². The van der Waals surface area contributed by atoms with Gasteiger partial charge in [0, 0.05) is 19.9 Å². The number of carbonyl (C=O) groups excluding carboxylic acids is 1. The fourth-order valence-corrected chi connectivity index (χ4v) is 1.94. The molecule has 0 atom stereocenters. The number of nitrogens with two attached hydrogens (primary N) is 1. The highest BCUT2D eigenvalue weighted by molar-refractivity contribution is 5.96. The summed E-state index contributed by atoms with van der Waals surface area (Å²) in [7, 11) is 0. The van der Waals surface area contributed by atoms with Gasteiger partial charge in [0.05, 0.1) is 0 Å². The molecule has 1 aromatic rings. The molecule has 1 aliphatic rings. The molecule has 2 heterocycles. The zero-order chi connectivity index (χ0) is 10.1. The molecule has 0 spiro atoms. The van der Waals surface area contributed by atoms with Crippen LogP contribution in [0.1, 0.15) is 42.5 Å².